The second-order valence-corrected chi connectivity index (χ2v) is 5.31. The Morgan fingerprint density at radius 2 is 1.88 bits per heavy atom. The van der Waals surface area contributed by atoms with E-state index in [0.717, 1.165) is 11.3 Å². The van der Waals surface area contributed by atoms with E-state index in [1.54, 1.807) is 18.2 Å². The maximum absolute atomic E-state index is 13.6. The van der Waals surface area contributed by atoms with Crippen LogP contribution in [0.15, 0.2) is 53.3 Å². The molecule has 6 nitrogen and oxygen atoms in total. The maximum Gasteiger partial charge on any atom is 0.274 e. The molecule has 25 heavy (non-hydrogen) atoms. The summed E-state index contributed by atoms with van der Waals surface area (Å²) in [7, 11) is 0. The standard InChI is InChI=1S/C18H17FN4O2/c1-2-25-13-9-7-12(8-10-13)11-16-17(24)21-18(23-22-16)20-15-6-4-3-5-14(15)19/h3-10H,2,11H2,1H3,(H2,20,21,23,24). The topological polar surface area (TPSA) is 79.9 Å². The van der Waals surface area contributed by atoms with E-state index in [-0.39, 0.29) is 22.9 Å². The van der Waals surface area contributed by atoms with E-state index < -0.39 is 5.82 Å². The lowest BCUT2D eigenvalue weighted by Crippen LogP contribution is -2.19. The molecule has 0 unspecified atom stereocenters. The molecule has 0 aliphatic heterocycles. The molecule has 3 aromatic rings. The summed E-state index contributed by atoms with van der Waals surface area (Å²) in [6.45, 7) is 2.51. The molecular formula is C18H17FN4O2. The Morgan fingerprint density at radius 1 is 1.12 bits per heavy atom. The second kappa shape index (κ2) is 7.57. The van der Waals surface area contributed by atoms with Crippen molar-refractivity contribution in [3.63, 3.8) is 0 Å². The van der Waals surface area contributed by atoms with Crippen LogP contribution in [0.1, 0.15) is 18.2 Å². The van der Waals surface area contributed by atoms with Gasteiger partial charge in [-0.1, -0.05) is 24.3 Å². The van der Waals surface area contributed by atoms with Crippen LogP contribution < -0.4 is 15.6 Å². The summed E-state index contributed by atoms with van der Waals surface area (Å²) < 4.78 is 19.0. The molecule has 0 spiro atoms. The first-order chi connectivity index (χ1) is 12.2. The molecule has 2 aromatic carbocycles. The monoisotopic (exact) mass is 340 g/mol. The van der Waals surface area contributed by atoms with Gasteiger partial charge < -0.3 is 10.1 Å². The van der Waals surface area contributed by atoms with E-state index >= 15 is 0 Å². The summed E-state index contributed by atoms with van der Waals surface area (Å²) in [6.07, 6.45) is 0.342. The van der Waals surface area contributed by atoms with Crippen molar-refractivity contribution in [2.75, 3.05) is 11.9 Å². The zero-order valence-corrected chi connectivity index (χ0v) is 13.6. The molecule has 2 N–H and O–H groups in total. The maximum atomic E-state index is 13.6. The number of ether oxygens (including phenoxy) is 1. The third kappa shape index (κ3) is 4.20. The predicted octanol–water partition coefficient (Wildman–Crippen LogP) is 3.04. The van der Waals surface area contributed by atoms with Gasteiger partial charge in [0.25, 0.3) is 5.56 Å². The summed E-state index contributed by atoms with van der Waals surface area (Å²) >= 11 is 0. The second-order valence-electron chi connectivity index (χ2n) is 5.31. The first kappa shape index (κ1) is 16.6. The van der Waals surface area contributed by atoms with Crippen molar-refractivity contribution < 1.29 is 9.13 Å². The summed E-state index contributed by atoms with van der Waals surface area (Å²) in [5, 5.41) is 10.6. The fraction of sp³-hybridized carbons (Fsp3) is 0.167. The molecule has 0 fully saturated rings. The molecule has 0 amide bonds. The largest absolute Gasteiger partial charge is 0.494 e. The minimum atomic E-state index is -0.441. The quantitative estimate of drug-likeness (QED) is 0.721. The van der Waals surface area contributed by atoms with Crippen LogP contribution in [-0.4, -0.2) is 21.8 Å². The third-order valence-corrected chi connectivity index (χ3v) is 3.50. The lowest BCUT2D eigenvalue weighted by Gasteiger charge is -2.07. The SMILES string of the molecule is CCOc1ccc(Cc2nnc(Nc3ccccc3F)[nH]c2=O)cc1. The van der Waals surface area contributed by atoms with E-state index in [4.69, 9.17) is 4.74 Å². The lowest BCUT2D eigenvalue weighted by atomic mass is 10.1. The van der Waals surface area contributed by atoms with Crippen LogP contribution in [0.25, 0.3) is 0 Å². The van der Waals surface area contributed by atoms with Gasteiger partial charge in [-0.25, -0.2) is 4.39 Å². The fourth-order valence-electron chi connectivity index (χ4n) is 2.29. The van der Waals surface area contributed by atoms with E-state index in [0.29, 0.717) is 13.0 Å². The minimum absolute atomic E-state index is 0.0885. The first-order valence-corrected chi connectivity index (χ1v) is 7.85. The molecule has 0 saturated carbocycles. The highest BCUT2D eigenvalue weighted by Crippen LogP contribution is 2.16. The van der Waals surface area contributed by atoms with E-state index in [9.17, 15) is 9.18 Å². The number of rotatable bonds is 6. The average molecular weight is 340 g/mol. The molecule has 0 aliphatic carbocycles. The predicted molar refractivity (Wildman–Crippen MR) is 92.8 cm³/mol. The number of halogens is 1. The van der Waals surface area contributed by atoms with E-state index in [1.165, 1.54) is 6.07 Å². The molecule has 0 radical (unpaired) electrons. The molecule has 1 aromatic heterocycles. The summed E-state index contributed by atoms with van der Waals surface area (Å²) in [4.78, 5) is 14.7. The average Bonchev–Trinajstić information content (AvgIpc) is 2.61. The number of aromatic nitrogens is 3. The molecule has 0 aliphatic rings. The number of aromatic amines is 1. The van der Waals surface area contributed by atoms with Crippen LogP contribution in [0.4, 0.5) is 16.0 Å². The Kier molecular flexibility index (Phi) is 5.03. The minimum Gasteiger partial charge on any atom is -0.494 e. The van der Waals surface area contributed by atoms with Gasteiger partial charge in [-0.05, 0) is 36.8 Å². The van der Waals surface area contributed by atoms with Crippen LogP contribution in [0.2, 0.25) is 0 Å². The number of benzene rings is 2. The highest BCUT2D eigenvalue weighted by molar-refractivity contribution is 5.53. The zero-order valence-electron chi connectivity index (χ0n) is 13.6. The fourth-order valence-corrected chi connectivity index (χ4v) is 2.29. The van der Waals surface area contributed by atoms with Crippen molar-refractivity contribution in [2.45, 2.75) is 13.3 Å². The van der Waals surface area contributed by atoms with Gasteiger partial charge in [0.2, 0.25) is 5.95 Å². The van der Waals surface area contributed by atoms with Gasteiger partial charge in [-0.15, -0.1) is 10.2 Å². The van der Waals surface area contributed by atoms with Crippen molar-refractivity contribution in [1.29, 1.82) is 0 Å². The van der Waals surface area contributed by atoms with Crippen molar-refractivity contribution in [1.82, 2.24) is 15.2 Å². The number of hydrogen-bond acceptors (Lipinski definition) is 5. The Hall–Kier alpha value is -3.22. The number of nitrogens with zero attached hydrogens (tertiary/aromatic N) is 2. The highest BCUT2D eigenvalue weighted by atomic mass is 19.1. The van der Waals surface area contributed by atoms with Gasteiger partial charge in [0, 0.05) is 6.42 Å². The number of para-hydroxylation sites is 1. The van der Waals surface area contributed by atoms with Gasteiger partial charge in [0.1, 0.15) is 17.3 Å². The molecule has 0 saturated heterocycles. The van der Waals surface area contributed by atoms with Crippen molar-refractivity contribution in [2.24, 2.45) is 0 Å². The van der Waals surface area contributed by atoms with Crippen molar-refractivity contribution in [3.05, 3.63) is 76.0 Å². The van der Waals surface area contributed by atoms with Crippen molar-refractivity contribution in [3.8, 4) is 5.75 Å². The lowest BCUT2D eigenvalue weighted by molar-refractivity contribution is 0.340. The Labute approximate surface area is 143 Å². The number of anilines is 2. The molecule has 0 atom stereocenters. The van der Waals surface area contributed by atoms with Crippen LogP contribution in [-0.2, 0) is 6.42 Å². The van der Waals surface area contributed by atoms with Gasteiger partial charge in [0.15, 0.2) is 0 Å². The number of hydrogen-bond donors (Lipinski definition) is 2. The molecular weight excluding hydrogens is 323 g/mol. The van der Waals surface area contributed by atoms with Gasteiger partial charge >= 0.3 is 0 Å². The molecule has 128 valence electrons. The number of nitrogens with one attached hydrogen (secondary N) is 2. The Morgan fingerprint density at radius 3 is 2.56 bits per heavy atom. The van der Waals surface area contributed by atoms with E-state index in [2.05, 4.69) is 20.5 Å². The van der Waals surface area contributed by atoms with Crippen LogP contribution in [0, 0.1) is 5.82 Å². The number of H-pyrrole nitrogens is 1. The van der Waals surface area contributed by atoms with Crippen LogP contribution in [0.5, 0.6) is 5.75 Å². The Bertz CT molecular complexity index is 909. The molecule has 1 heterocycles. The Balaban J connectivity index is 1.73. The van der Waals surface area contributed by atoms with Gasteiger partial charge in [-0.2, -0.15) is 0 Å². The molecule has 7 heteroatoms. The first-order valence-electron chi connectivity index (χ1n) is 7.85. The molecule has 0 bridgehead atoms. The van der Waals surface area contributed by atoms with Crippen LogP contribution >= 0.6 is 0 Å². The smallest absolute Gasteiger partial charge is 0.274 e. The molecule has 3 rings (SSSR count). The third-order valence-electron chi connectivity index (χ3n) is 3.50. The summed E-state index contributed by atoms with van der Waals surface area (Å²) in [6, 6.07) is 13.5. The zero-order chi connectivity index (χ0) is 17.6. The van der Waals surface area contributed by atoms with Crippen molar-refractivity contribution >= 4 is 11.6 Å². The normalized spacial score (nSPS) is 10.5. The summed E-state index contributed by atoms with van der Waals surface area (Å²) in [5.41, 5.74) is 1.04. The van der Waals surface area contributed by atoms with Gasteiger partial charge in [0.05, 0.1) is 12.3 Å². The highest BCUT2D eigenvalue weighted by Gasteiger charge is 2.08. The summed E-state index contributed by atoms with van der Waals surface area (Å²) in [5.74, 6) is 0.421. The van der Waals surface area contributed by atoms with Crippen LogP contribution in [0.3, 0.4) is 0 Å². The van der Waals surface area contributed by atoms with Gasteiger partial charge in [-0.3, -0.25) is 9.78 Å². The van der Waals surface area contributed by atoms with E-state index in [1.807, 2.05) is 31.2 Å².